The normalized spacial score (nSPS) is 30.1. The standard InChI is InChI=1S/C32H44N2O5S/c1-6-9-13-20-39-30(38)26-25-28(36)34(24(21-35)23-15-11-10-12-16-23)27(32(25)18-17-31(26,5)40-32)29(37)33(19-8-3)22(4)14-7-2/h6,8,10-12,15-16,22,24-27,35H,1,3,7,9,13-14,17-21H2,2,4-5H3/t22?,24-,25+,26-,27?,31+,32?/m1/s1. The van der Waals surface area contributed by atoms with Crippen LogP contribution in [0.4, 0.5) is 0 Å². The Morgan fingerprint density at radius 3 is 2.60 bits per heavy atom. The molecule has 3 fully saturated rings. The Bertz CT molecular complexity index is 1110. The number of hydrogen-bond donors (Lipinski definition) is 1. The van der Waals surface area contributed by atoms with Gasteiger partial charge in [-0.15, -0.1) is 24.9 Å². The number of aliphatic hydroxyl groups is 1. The van der Waals surface area contributed by atoms with Crippen molar-refractivity contribution in [2.45, 2.75) is 86.9 Å². The first-order chi connectivity index (χ1) is 19.2. The van der Waals surface area contributed by atoms with E-state index in [0.717, 1.165) is 24.8 Å². The third kappa shape index (κ3) is 5.13. The Balaban J connectivity index is 1.80. The zero-order valence-electron chi connectivity index (χ0n) is 24.1. The van der Waals surface area contributed by atoms with E-state index in [-0.39, 0.29) is 37.0 Å². The Morgan fingerprint density at radius 2 is 1.98 bits per heavy atom. The molecule has 1 aromatic carbocycles. The van der Waals surface area contributed by atoms with Gasteiger partial charge >= 0.3 is 5.97 Å². The lowest BCUT2D eigenvalue weighted by molar-refractivity contribution is -0.156. The summed E-state index contributed by atoms with van der Waals surface area (Å²) in [4.78, 5) is 46.3. The maximum absolute atomic E-state index is 14.7. The number of allylic oxidation sites excluding steroid dienone is 1. The van der Waals surface area contributed by atoms with Crippen molar-refractivity contribution >= 4 is 29.5 Å². The zero-order valence-corrected chi connectivity index (χ0v) is 24.9. The number of hydrogen-bond acceptors (Lipinski definition) is 6. The molecule has 4 rings (SSSR count). The van der Waals surface area contributed by atoms with Crippen LogP contribution in [0.15, 0.2) is 55.6 Å². The van der Waals surface area contributed by atoms with E-state index >= 15 is 0 Å². The van der Waals surface area contributed by atoms with Crippen molar-refractivity contribution in [3.05, 3.63) is 61.2 Å². The number of nitrogens with zero attached hydrogens (tertiary/aromatic N) is 2. The molecule has 1 aromatic rings. The quantitative estimate of drug-likeness (QED) is 0.195. The Morgan fingerprint density at radius 1 is 1.25 bits per heavy atom. The molecule has 3 unspecified atom stereocenters. The van der Waals surface area contributed by atoms with Gasteiger partial charge in [-0.3, -0.25) is 14.4 Å². The van der Waals surface area contributed by atoms with Crippen LogP contribution in [0, 0.1) is 11.8 Å². The van der Waals surface area contributed by atoms with Gasteiger partial charge in [0.2, 0.25) is 11.8 Å². The molecule has 7 nitrogen and oxygen atoms in total. The number of thioether (sulfide) groups is 1. The van der Waals surface area contributed by atoms with Crippen molar-refractivity contribution in [2.24, 2.45) is 11.8 Å². The summed E-state index contributed by atoms with van der Waals surface area (Å²) in [7, 11) is 0. The van der Waals surface area contributed by atoms with E-state index in [4.69, 9.17) is 4.74 Å². The van der Waals surface area contributed by atoms with Crippen molar-refractivity contribution in [1.82, 2.24) is 9.80 Å². The highest BCUT2D eigenvalue weighted by molar-refractivity contribution is 8.02. The van der Waals surface area contributed by atoms with Crippen LogP contribution in [0.3, 0.4) is 0 Å². The average Bonchev–Trinajstić information content (AvgIpc) is 3.51. The Kier molecular flexibility index (Phi) is 9.51. The van der Waals surface area contributed by atoms with E-state index < -0.39 is 33.4 Å². The fourth-order valence-corrected chi connectivity index (χ4v) is 9.54. The Hall–Kier alpha value is -2.58. The first kappa shape index (κ1) is 30.4. The topological polar surface area (TPSA) is 87.1 Å². The lowest BCUT2D eigenvalue weighted by Gasteiger charge is -2.41. The SMILES string of the molecule is C=CCCCOC(=O)[C@H]1[C@H]2C(=O)N([C@H](CO)c3ccccc3)C(C(=O)N(CC=C)C(C)CCC)C23CC[C@]1(C)S3. The summed E-state index contributed by atoms with van der Waals surface area (Å²) >= 11 is 1.63. The molecule has 7 atom stereocenters. The maximum Gasteiger partial charge on any atom is 0.311 e. The van der Waals surface area contributed by atoms with Crippen LogP contribution in [0.5, 0.6) is 0 Å². The predicted octanol–water partition coefficient (Wildman–Crippen LogP) is 4.91. The highest BCUT2D eigenvalue weighted by Gasteiger charge is 2.78. The molecule has 218 valence electrons. The lowest BCUT2D eigenvalue weighted by atomic mass is 9.66. The molecule has 0 radical (unpaired) electrons. The number of carbonyl (C=O) groups is 3. The number of carbonyl (C=O) groups excluding carboxylic acids is 3. The fourth-order valence-electron chi connectivity index (χ4n) is 7.21. The molecule has 3 aliphatic rings. The van der Waals surface area contributed by atoms with E-state index in [1.54, 1.807) is 28.8 Å². The first-order valence-corrected chi connectivity index (χ1v) is 15.4. The summed E-state index contributed by atoms with van der Waals surface area (Å²) in [6.07, 6.45) is 8.04. The number of esters is 1. The summed E-state index contributed by atoms with van der Waals surface area (Å²) in [5, 5.41) is 10.7. The molecule has 3 aliphatic heterocycles. The number of rotatable bonds is 14. The summed E-state index contributed by atoms with van der Waals surface area (Å²) in [5.74, 6) is -2.09. The molecular weight excluding hydrogens is 524 g/mol. The minimum atomic E-state index is -0.813. The highest BCUT2D eigenvalue weighted by atomic mass is 32.2. The minimum absolute atomic E-state index is 0.0444. The van der Waals surface area contributed by atoms with Crippen LogP contribution < -0.4 is 0 Å². The molecule has 8 heteroatoms. The van der Waals surface area contributed by atoms with Crippen LogP contribution in [0.1, 0.15) is 70.9 Å². The molecule has 1 spiro atoms. The van der Waals surface area contributed by atoms with Crippen molar-refractivity contribution in [1.29, 1.82) is 0 Å². The van der Waals surface area contributed by atoms with Crippen molar-refractivity contribution in [3.8, 4) is 0 Å². The second-order valence-electron chi connectivity index (χ2n) is 11.6. The Labute approximate surface area is 243 Å². The zero-order chi connectivity index (χ0) is 29.1. The number of amides is 2. The summed E-state index contributed by atoms with van der Waals surface area (Å²) < 4.78 is 4.45. The van der Waals surface area contributed by atoms with Gasteiger partial charge in [0.1, 0.15) is 6.04 Å². The first-order valence-electron chi connectivity index (χ1n) is 14.6. The largest absolute Gasteiger partial charge is 0.465 e. The predicted molar refractivity (Wildman–Crippen MR) is 159 cm³/mol. The van der Waals surface area contributed by atoms with E-state index in [0.29, 0.717) is 25.8 Å². The lowest BCUT2D eigenvalue weighted by Crippen LogP contribution is -2.57. The smallest absolute Gasteiger partial charge is 0.311 e. The van der Waals surface area contributed by atoms with Crippen LogP contribution in [0.2, 0.25) is 0 Å². The second kappa shape index (κ2) is 12.5. The number of fused-ring (bicyclic) bond motifs is 1. The van der Waals surface area contributed by atoms with Crippen LogP contribution >= 0.6 is 11.8 Å². The molecule has 0 aliphatic carbocycles. The third-order valence-corrected chi connectivity index (χ3v) is 11.0. The van der Waals surface area contributed by atoms with Gasteiger partial charge in [0, 0.05) is 17.3 Å². The van der Waals surface area contributed by atoms with E-state index in [2.05, 4.69) is 20.1 Å². The number of ether oxygens (including phenoxy) is 1. The highest BCUT2D eigenvalue weighted by Crippen LogP contribution is 2.72. The second-order valence-corrected chi connectivity index (χ2v) is 13.5. The molecule has 1 N–H and O–H groups in total. The molecule has 3 heterocycles. The van der Waals surface area contributed by atoms with Gasteiger partial charge in [-0.1, -0.05) is 55.8 Å². The summed E-state index contributed by atoms with van der Waals surface area (Å²) in [5.41, 5.74) is 0.763. The molecular formula is C32H44N2O5S. The van der Waals surface area contributed by atoms with Gasteiger partial charge < -0.3 is 19.6 Å². The molecule has 3 saturated heterocycles. The third-order valence-electron chi connectivity index (χ3n) is 9.04. The van der Waals surface area contributed by atoms with Gasteiger partial charge in [-0.05, 0) is 51.5 Å². The molecule has 40 heavy (non-hydrogen) atoms. The molecule has 2 bridgehead atoms. The van der Waals surface area contributed by atoms with Crippen molar-refractivity contribution < 1.29 is 24.2 Å². The van der Waals surface area contributed by atoms with Gasteiger partial charge in [0.25, 0.3) is 0 Å². The monoisotopic (exact) mass is 568 g/mol. The number of likely N-dealkylation sites (tertiary alicyclic amines) is 1. The van der Waals surface area contributed by atoms with Crippen LogP contribution in [-0.2, 0) is 19.1 Å². The molecule has 0 aromatic heterocycles. The van der Waals surface area contributed by atoms with E-state index in [9.17, 15) is 19.5 Å². The summed E-state index contributed by atoms with van der Waals surface area (Å²) in [6.45, 7) is 14.1. The molecule has 0 saturated carbocycles. The van der Waals surface area contributed by atoms with Crippen LogP contribution in [-0.4, -0.2) is 74.0 Å². The van der Waals surface area contributed by atoms with Crippen molar-refractivity contribution in [3.63, 3.8) is 0 Å². The van der Waals surface area contributed by atoms with E-state index in [1.165, 1.54) is 0 Å². The number of unbranched alkanes of at least 4 members (excludes halogenated alkanes) is 1. The fraction of sp³-hybridized carbons (Fsp3) is 0.594. The number of benzene rings is 1. The maximum atomic E-state index is 14.7. The number of aliphatic hydroxyl groups excluding tert-OH is 1. The molecule has 2 amide bonds. The van der Waals surface area contributed by atoms with Gasteiger partial charge in [-0.2, -0.15) is 0 Å². The minimum Gasteiger partial charge on any atom is -0.465 e. The van der Waals surface area contributed by atoms with E-state index in [1.807, 2.05) is 49.1 Å². The van der Waals surface area contributed by atoms with Gasteiger partial charge in [0.15, 0.2) is 0 Å². The summed E-state index contributed by atoms with van der Waals surface area (Å²) in [6, 6.07) is 7.81. The van der Waals surface area contributed by atoms with Gasteiger partial charge in [0.05, 0.1) is 35.8 Å². The van der Waals surface area contributed by atoms with Gasteiger partial charge in [-0.25, -0.2) is 0 Å². The van der Waals surface area contributed by atoms with Crippen LogP contribution in [0.25, 0.3) is 0 Å². The van der Waals surface area contributed by atoms with Crippen molar-refractivity contribution in [2.75, 3.05) is 19.8 Å². The average molecular weight is 569 g/mol.